The van der Waals surface area contributed by atoms with Crippen LogP contribution in [0.2, 0.25) is 0 Å². The summed E-state index contributed by atoms with van der Waals surface area (Å²) >= 11 is 0.941. The van der Waals surface area contributed by atoms with Crippen molar-refractivity contribution in [1.82, 2.24) is 9.38 Å². The number of ether oxygens (including phenoxy) is 2. The molecule has 0 atom stereocenters. The number of anilines is 2. The Balaban J connectivity index is 1.47. The summed E-state index contributed by atoms with van der Waals surface area (Å²) in [6.07, 6.45) is 1.35. The second-order valence-electron chi connectivity index (χ2n) is 9.15. The van der Waals surface area contributed by atoms with Crippen molar-refractivity contribution in [2.75, 3.05) is 17.7 Å². The standard InChI is InChI=1S/C31H26N4O6S/c1-3-8-21-18-25(36)35-26(28(37)33-22-10-7-9-19(17-22)30(39)40-2)27(42-31(35)34-21)29(38)32-20-13-15-24(16-14-20)41-23-11-5-4-6-12-23/h4-7,9-18H,3,8H2,1-2H3,(H,32,38)(H,33,37). The highest BCUT2D eigenvalue weighted by Crippen LogP contribution is 2.26. The smallest absolute Gasteiger partial charge is 0.337 e. The molecule has 2 amide bonds. The fourth-order valence-electron chi connectivity index (χ4n) is 4.22. The molecule has 0 spiro atoms. The van der Waals surface area contributed by atoms with E-state index in [9.17, 15) is 19.2 Å². The number of thiazole rings is 1. The van der Waals surface area contributed by atoms with Crippen LogP contribution in [-0.2, 0) is 11.2 Å². The van der Waals surface area contributed by atoms with Gasteiger partial charge in [0.2, 0.25) is 0 Å². The van der Waals surface area contributed by atoms with Crippen LogP contribution in [0.15, 0.2) is 89.7 Å². The molecule has 0 bridgehead atoms. The Morgan fingerprint density at radius 3 is 2.29 bits per heavy atom. The summed E-state index contributed by atoms with van der Waals surface area (Å²) in [5.74, 6) is -0.627. The van der Waals surface area contributed by atoms with E-state index >= 15 is 0 Å². The van der Waals surface area contributed by atoms with Crippen LogP contribution in [0, 0.1) is 0 Å². The first-order chi connectivity index (χ1) is 20.4. The third kappa shape index (κ3) is 6.21. The summed E-state index contributed by atoms with van der Waals surface area (Å²) in [4.78, 5) is 57.0. The molecular weight excluding hydrogens is 556 g/mol. The molecule has 2 heterocycles. The van der Waals surface area contributed by atoms with E-state index in [4.69, 9.17) is 9.47 Å². The first kappa shape index (κ1) is 28.2. The number of para-hydroxylation sites is 1. The number of aromatic nitrogens is 2. The minimum atomic E-state index is -0.716. The van der Waals surface area contributed by atoms with E-state index in [2.05, 4.69) is 15.6 Å². The molecule has 0 unspecified atom stereocenters. The number of hydrogen-bond acceptors (Lipinski definition) is 8. The van der Waals surface area contributed by atoms with E-state index in [1.165, 1.54) is 19.2 Å². The van der Waals surface area contributed by atoms with E-state index in [0.29, 0.717) is 29.3 Å². The predicted octanol–water partition coefficient (Wildman–Crippen LogP) is 5.79. The van der Waals surface area contributed by atoms with Crippen LogP contribution in [0.25, 0.3) is 4.96 Å². The maximum atomic E-state index is 13.6. The molecule has 42 heavy (non-hydrogen) atoms. The van der Waals surface area contributed by atoms with Crippen LogP contribution in [-0.4, -0.2) is 34.3 Å². The molecule has 212 valence electrons. The quantitative estimate of drug-likeness (QED) is 0.211. The molecule has 5 rings (SSSR count). The minimum Gasteiger partial charge on any atom is -0.465 e. The van der Waals surface area contributed by atoms with E-state index in [0.717, 1.165) is 22.2 Å². The average Bonchev–Trinajstić information content (AvgIpc) is 3.39. The van der Waals surface area contributed by atoms with Crippen LogP contribution in [0.4, 0.5) is 11.4 Å². The van der Waals surface area contributed by atoms with Crippen LogP contribution < -0.4 is 20.9 Å². The van der Waals surface area contributed by atoms with Crippen molar-refractivity contribution >= 4 is 45.5 Å². The molecule has 0 aliphatic heterocycles. The maximum Gasteiger partial charge on any atom is 0.337 e. The second-order valence-corrected chi connectivity index (χ2v) is 10.1. The van der Waals surface area contributed by atoms with Gasteiger partial charge in [0.1, 0.15) is 22.1 Å². The van der Waals surface area contributed by atoms with E-state index in [-0.39, 0.29) is 26.8 Å². The van der Waals surface area contributed by atoms with Gasteiger partial charge >= 0.3 is 5.97 Å². The van der Waals surface area contributed by atoms with E-state index in [1.807, 2.05) is 37.3 Å². The number of nitrogens with one attached hydrogen (secondary N) is 2. The Hall–Kier alpha value is -5.29. The Morgan fingerprint density at radius 2 is 1.57 bits per heavy atom. The third-order valence-corrected chi connectivity index (χ3v) is 7.17. The van der Waals surface area contributed by atoms with Gasteiger partial charge in [0.25, 0.3) is 17.4 Å². The number of benzene rings is 3. The second kappa shape index (κ2) is 12.5. The van der Waals surface area contributed by atoms with Crippen molar-refractivity contribution in [2.24, 2.45) is 0 Å². The maximum absolute atomic E-state index is 13.6. The fraction of sp³-hybridized carbons (Fsp3) is 0.129. The highest BCUT2D eigenvalue weighted by Gasteiger charge is 2.27. The summed E-state index contributed by atoms with van der Waals surface area (Å²) in [6, 6.07) is 23.6. The van der Waals surface area contributed by atoms with Gasteiger partial charge in [0, 0.05) is 23.1 Å². The van der Waals surface area contributed by atoms with Crippen LogP contribution in [0.5, 0.6) is 11.5 Å². The van der Waals surface area contributed by atoms with Gasteiger partial charge in [-0.25, -0.2) is 14.2 Å². The predicted molar refractivity (Wildman–Crippen MR) is 160 cm³/mol. The minimum absolute atomic E-state index is 0.000479. The molecular formula is C31H26N4O6S. The molecule has 0 fully saturated rings. The Kier molecular flexibility index (Phi) is 8.39. The number of nitrogens with zero attached hydrogens (tertiary/aromatic N) is 2. The van der Waals surface area contributed by atoms with Crippen molar-refractivity contribution < 1.29 is 23.9 Å². The number of amides is 2. The van der Waals surface area contributed by atoms with E-state index < -0.39 is 23.3 Å². The monoisotopic (exact) mass is 582 g/mol. The largest absolute Gasteiger partial charge is 0.465 e. The zero-order chi connectivity index (χ0) is 29.6. The number of fused-ring (bicyclic) bond motifs is 1. The van der Waals surface area contributed by atoms with Gasteiger partial charge in [-0.3, -0.25) is 14.4 Å². The third-order valence-electron chi connectivity index (χ3n) is 6.13. The molecule has 2 aromatic heterocycles. The lowest BCUT2D eigenvalue weighted by molar-refractivity contribution is 0.0600. The SMILES string of the molecule is CCCc1cc(=O)n2c(C(=O)Nc3cccc(C(=O)OC)c3)c(C(=O)Nc3ccc(Oc4ccccc4)cc3)sc2n1. The van der Waals surface area contributed by atoms with Gasteiger partial charge in [-0.05, 0) is 61.0 Å². The van der Waals surface area contributed by atoms with Gasteiger partial charge in [0.15, 0.2) is 4.96 Å². The molecule has 0 radical (unpaired) electrons. The number of hydrogen-bond donors (Lipinski definition) is 2. The van der Waals surface area contributed by atoms with Gasteiger partial charge < -0.3 is 20.1 Å². The lowest BCUT2D eigenvalue weighted by Gasteiger charge is -2.10. The van der Waals surface area contributed by atoms with Crippen molar-refractivity contribution in [1.29, 1.82) is 0 Å². The Bertz CT molecular complexity index is 1830. The molecule has 2 N–H and O–H groups in total. The summed E-state index contributed by atoms with van der Waals surface area (Å²) in [5.41, 5.74) is 0.900. The van der Waals surface area contributed by atoms with Crippen LogP contribution in [0.1, 0.15) is 49.6 Å². The lowest BCUT2D eigenvalue weighted by atomic mass is 10.2. The van der Waals surface area contributed by atoms with Crippen molar-refractivity contribution in [3.63, 3.8) is 0 Å². The number of carbonyl (C=O) groups excluding carboxylic acids is 3. The molecule has 5 aromatic rings. The summed E-state index contributed by atoms with van der Waals surface area (Å²) in [5, 5.41) is 5.48. The van der Waals surface area contributed by atoms with Gasteiger partial charge in [0.05, 0.1) is 12.7 Å². The normalized spacial score (nSPS) is 10.7. The van der Waals surface area contributed by atoms with Gasteiger partial charge in [-0.15, -0.1) is 0 Å². The molecule has 11 heteroatoms. The summed E-state index contributed by atoms with van der Waals surface area (Å²) < 4.78 is 11.7. The first-order valence-corrected chi connectivity index (χ1v) is 13.9. The molecule has 0 saturated carbocycles. The highest BCUT2D eigenvalue weighted by molar-refractivity contribution is 7.19. The zero-order valence-corrected chi connectivity index (χ0v) is 23.6. The zero-order valence-electron chi connectivity index (χ0n) is 22.7. The highest BCUT2D eigenvalue weighted by atomic mass is 32.1. The molecule has 0 aliphatic carbocycles. The molecule has 0 saturated heterocycles. The number of rotatable bonds is 9. The topological polar surface area (TPSA) is 128 Å². The van der Waals surface area contributed by atoms with Gasteiger partial charge in [-0.1, -0.05) is 48.9 Å². The van der Waals surface area contributed by atoms with E-state index in [1.54, 1.807) is 42.5 Å². The summed E-state index contributed by atoms with van der Waals surface area (Å²) in [6.45, 7) is 1.97. The van der Waals surface area contributed by atoms with Crippen LogP contribution >= 0.6 is 11.3 Å². The van der Waals surface area contributed by atoms with Crippen molar-refractivity contribution in [2.45, 2.75) is 19.8 Å². The molecule has 3 aromatic carbocycles. The fourth-order valence-corrected chi connectivity index (χ4v) is 5.26. The Morgan fingerprint density at radius 1 is 0.857 bits per heavy atom. The number of aryl methyl sites for hydroxylation is 1. The number of carbonyl (C=O) groups is 3. The lowest BCUT2D eigenvalue weighted by Crippen LogP contribution is -2.25. The average molecular weight is 583 g/mol. The Labute approximate surface area is 244 Å². The molecule has 10 nitrogen and oxygen atoms in total. The molecule has 0 aliphatic rings. The van der Waals surface area contributed by atoms with Crippen molar-refractivity contribution in [3.05, 3.63) is 117 Å². The number of methoxy groups -OCH3 is 1. The van der Waals surface area contributed by atoms with Crippen molar-refractivity contribution in [3.8, 4) is 11.5 Å². The first-order valence-electron chi connectivity index (χ1n) is 13.1. The van der Waals surface area contributed by atoms with Crippen LogP contribution in [0.3, 0.4) is 0 Å². The number of esters is 1. The summed E-state index contributed by atoms with van der Waals surface area (Å²) in [7, 11) is 1.26. The van der Waals surface area contributed by atoms with Gasteiger partial charge in [-0.2, -0.15) is 0 Å².